The average Bonchev–Trinajstić information content (AvgIpc) is 2.71. The Kier molecular flexibility index (Phi) is 10.0. The second-order valence-electron chi connectivity index (χ2n) is 7.23. The standard InChI is InChI=1S/C21H25ClN2O9S/c1-10(25)29-9-16-17(30-11(2)26)18(31-12(3)27)19(32-13(4)28)20(33-16)24-21(34)23-15-7-5-14(22)6-8-15/h5-8,16-20H,9H2,1-4H3,(H2,23,24,34)/t16-,17-,18+,19+,20-/m1/s1. The molecule has 1 fully saturated rings. The van der Waals surface area contributed by atoms with Gasteiger partial charge in [-0.25, -0.2) is 0 Å². The molecule has 2 N–H and O–H groups in total. The van der Waals surface area contributed by atoms with Crippen molar-refractivity contribution in [3.63, 3.8) is 0 Å². The number of anilines is 1. The van der Waals surface area contributed by atoms with E-state index >= 15 is 0 Å². The van der Waals surface area contributed by atoms with Crippen molar-refractivity contribution >= 4 is 58.5 Å². The monoisotopic (exact) mass is 516 g/mol. The van der Waals surface area contributed by atoms with E-state index in [-0.39, 0.29) is 11.7 Å². The summed E-state index contributed by atoms with van der Waals surface area (Å²) in [5.74, 6) is -2.77. The molecule has 1 heterocycles. The van der Waals surface area contributed by atoms with Crippen LogP contribution in [0.3, 0.4) is 0 Å². The van der Waals surface area contributed by atoms with E-state index in [0.717, 1.165) is 20.8 Å². The molecule has 1 saturated heterocycles. The smallest absolute Gasteiger partial charge is 0.303 e. The maximum Gasteiger partial charge on any atom is 0.303 e. The van der Waals surface area contributed by atoms with Crippen LogP contribution in [0.4, 0.5) is 5.69 Å². The van der Waals surface area contributed by atoms with Gasteiger partial charge in [0.25, 0.3) is 0 Å². The number of rotatable bonds is 7. The number of carbonyl (C=O) groups excluding carboxylic acids is 4. The van der Waals surface area contributed by atoms with Gasteiger partial charge in [0.05, 0.1) is 0 Å². The van der Waals surface area contributed by atoms with Gasteiger partial charge in [0, 0.05) is 38.4 Å². The number of thiocarbonyl (C=S) groups is 1. The molecule has 2 rings (SSSR count). The van der Waals surface area contributed by atoms with Crippen molar-refractivity contribution in [2.24, 2.45) is 0 Å². The van der Waals surface area contributed by atoms with Crippen LogP contribution in [0, 0.1) is 0 Å². The summed E-state index contributed by atoms with van der Waals surface area (Å²) in [7, 11) is 0. The second kappa shape index (κ2) is 12.5. The minimum atomic E-state index is -1.30. The summed E-state index contributed by atoms with van der Waals surface area (Å²) in [6, 6.07) is 6.68. The van der Waals surface area contributed by atoms with Crippen molar-refractivity contribution in [1.29, 1.82) is 0 Å². The number of benzene rings is 1. The molecule has 1 aromatic rings. The highest BCUT2D eigenvalue weighted by atomic mass is 35.5. The van der Waals surface area contributed by atoms with Gasteiger partial charge in [0.1, 0.15) is 12.7 Å². The maximum atomic E-state index is 11.8. The molecule has 0 saturated carbocycles. The quantitative estimate of drug-likeness (QED) is 0.310. The lowest BCUT2D eigenvalue weighted by molar-refractivity contribution is -0.254. The molecule has 0 unspecified atom stereocenters. The predicted octanol–water partition coefficient (Wildman–Crippen LogP) is 1.71. The van der Waals surface area contributed by atoms with Gasteiger partial charge < -0.3 is 34.3 Å². The summed E-state index contributed by atoms with van der Waals surface area (Å²) < 4.78 is 27.0. The highest BCUT2D eigenvalue weighted by molar-refractivity contribution is 7.80. The largest absolute Gasteiger partial charge is 0.463 e. The molecule has 0 radical (unpaired) electrons. The summed E-state index contributed by atoms with van der Waals surface area (Å²) in [4.78, 5) is 46.8. The van der Waals surface area contributed by atoms with E-state index in [1.54, 1.807) is 24.3 Å². The Labute approximate surface area is 206 Å². The summed E-state index contributed by atoms with van der Waals surface area (Å²) in [5, 5.41) is 6.37. The first-order valence-corrected chi connectivity index (χ1v) is 10.9. The third-order valence-corrected chi connectivity index (χ3v) is 4.84. The van der Waals surface area contributed by atoms with Crippen molar-refractivity contribution < 1.29 is 42.9 Å². The first-order valence-electron chi connectivity index (χ1n) is 10.1. The SMILES string of the molecule is CC(=O)OC[C@H]1O[C@@H](NC(=S)Nc2ccc(Cl)cc2)[C@@H](OC(C)=O)[C@@H](OC(C)=O)[C@@H]1OC(C)=O. The van der Waals surface area contributed by atoms with Crippen LogP contribution in [-0.4, -0.2) is 66.2 Å². The molecule has 1 aromatic carbocycles. The molecular formula is C21H25ClN2O9S. The minimum Gasteiger partial charge on any atom is -0.463 e. The summed E-state index contributed by atoms with van der Waals surface area (Å²) in [6.45, 7) is 4.28. The van der Waals surface area contributed by atoms with Gasteiger partial charge in [-0.1, -0.05) is 11.6 Å². The maximum absolute atomic E-state index is 11.8. The fourth-order valence-electron chi connectivity index (χ4n) is 3.17. The Morgan fingerprint density at radius 1 is 0.882 bits per heavy atom. The normalized spacial score (nSPS) is 23.7. The molecule has 0 aliphatic carbocycles. The second-order valence-corrected chi connectivity index (χ2v) is 8.07. The van der Waals surface area contributed by atoms with E-state index in [0.29, 0.717) is 10.7 Å². The number of halogens is 1. The number of hydrogen-bond donors (Lipinski definition) is 2. The van der Waals surface area contributed by atoms with Gasteiger partial charge >= 0.3 is 23.9 Å². The Morgan fingerprint density at radius 3 is 1.94 bits per heavy atom. The number of ether oxygens (including phenoxy) is 5. The number of esters is 4. The molecule has 13 heteroatoms. The Bertz CT molecular complexity index is 927. The fraction of sp³-hybridized carbons (Fsp3) is 0.476. The third kappa shape index (κ3) is 8.43. The summed E-state index contributed by atoms with van der Waals surface area (Å²) >= 11 is 11.2. The zero-order valence-electron chi connectivity index (χ0n) is 18.9. The third-order valence-electron chi connectivity index (χ3n) is 4.37. The van der Waals surface area contributed by atoms with Gasteiger partial charge in [-0.15, -0.1) is 0 Å². The van der Waals surface area contributed by atoms with E-state index in [9.17, 15) is 19.2 Å². The van der Waals surface area contributed by atoms with Crippen molar-refractivity contribution in [2.45, 2.75) is 58.3 Å². The van der Waals surface area contributed by atoms with Crippen molar-refractivity contribution in [1.82, 2.24) is 5.32 Å². The van der Waals surface area contributed by atoms with Gasteiger partial charge in [0.2, 0.25) is 0 Å². The summed E-state index contributed by atoms with van der Waals surface area (Å²) in [5.41, 5.74) is 0.604. The first kappa shape index (κ1) is 27.3. The molecule has 1 aliphatic rings. The average molecular weight is 517 g/mol. The van der Waals surface area contributed by atoms with Crippen molar-refractivity contribution in [3.05, 3.63) is 29.3 Å². The molecule has 0 aromatic heterocycles. The van der Waals surface area contributed by atoms with Crippen LogP contribution in [0.5, 0.6) is 0 Å². The van der Waals surface area contributed by atoms with E-state index in [1.807, 2.05) is 0 Å². The Morgan fingerprint density at radius 2 is 1.41 bits per heavy atom. The Hall–Kier alpha value is -2.96. The lowest BCUT2D eigenvalue weighted by Gasteiger charge is -2.44. The van der Waals surface area contributed by atoms with Gasteiger partial charge in [-0.3, -0.25) is 19.2 Å². The number of carbonyl (C=O) groups is 4. The van der Waals surface area contributed by atoms with Crippen LogP contribution in [0.2, 0.25) is 5.02 Å². The summed E-state index contributed by atoms with van der Waals surface area (Å²) in [6.07, 6.45) is -6.08. The molecule has 11 nitrogen and oxygen atoms in total. The van der Waals surface area contributed by atoms with Gasteiger partial charge in [-0.05, 0) is 36.5 Å². The lowest BCUT2D eigenvalue weighted by atomic mass is 9.97. The van der Waals surface area contributed by atoms with Crippen LogP contribution in [0.1, 0.15) is 27.7 Å². The van der Waals surface area contributed by atoms with Crippen LogP contribution in [0.15, 0.2) is 24.3 Å². The topological polar surface area (TPSA) is 138 Å². The van der Waals surface area contributed by atoms with Gasteiger partial charge in [0.15, 0.2) is 29.7 Å². The molecule has 5 atom stereocenters. The van der Waals surface area contributed by atoms with E-state index in [2.05, 4.69) is 10.6 Å². The highest BCUT2D eigenvalue weighted by Gasteiger charge is 2.52. The molecule has 0 bridgehead atoms. The van der Waals surface area contributed by atoms with Crippen molar-refractivity contribution in [3.8, 4) is 0 Å². The molecule has 186 valence electrons. The molecule has 0 spiro atoms. The minimum absolute atomic E-state index is 0.0724. The van der Waals surface area contributed by atoms with E-state index in [1.165, 1.54) is 6.92 Å². The fourth-order valence-corrected chi connectivity index (χ4v) is 3.53. The van der Waals surface area contributed by atoms with Crippen LogP contribution < -0.4 is 10.6 Å². The molecule has 1 aliphatic heterocycles. The number of nitrogens with one attached hydrogen (secondary N) is 2. The molecular weight excluding hydrogens is 492 g/mol. The van der Waals surface area contributed by atoms with Crippen LogP contribution in [0.25, 0.3) is 0 Å². The van der Waals surface area contributed by atoms with Crippen molar-refractivity contribution in [2.75, 3.05) is 11.9 Å². The first-order chi connectivity index (χ1) is 16.0. The number of hydrogen-bond acceptors (Lipinski definition) is 10. The molecule has 34 heavy (non-hydrogen) atoms. The van der Waals surface area contributed by atoms with E-state index in [4.69, 9.17) is 47.5 Å². The zero-order chi connectivity index (χ0) is 25.4. The molecule has 0 amide bonds. The lowest BCUT2D eigenvalue weighted by Crippen LogP contribution is -2.66. The van der Waals surface area contributed by atoms with Crippen LogP contribution in [-0.2, 0) is 42.9 Å². The zero-order valence-corrected chi connectivity index (χ0v) is 20.4. The highest BCUT2D eigenvalue weighted by Crippen LogP contribution is 2.28. The van der Waals surface area contributed by atoms with Crippen LogP contribution >= 0.6 is 23.8 Å². The predicted molar refractivity (Wildman–Crippen MR) is 123 cm³/mol. The van der Waals surface area contributed by atoms with E-state index < -0.39 is 54.5 Å². The van der Waals surface area contributed by atoms with Gasteiger partial charge in [-0.2, -0.15) is 0 Å². The Balaban J connectivity index is 2.35.